The highest BCUT2D eigenvalue weighted by atomic mass is 19.1. The van der Waals surface area contributed by atoms with Gasteiger partial charge in [0.25, 0.3) is 5.91 Å². The van der Waals surface area contributed by atoms with Crippen LogP contribution in [0.3, 0.4) is 0 Å². The van der Waals surface area contributed by atoms with Crippen LogP contribution in [0.5, 0.6) is 0 Å². The third-order valence-electron chi connectivity index (χ3n) is 5.89. The largest absolute Gasteiger partial charge is 0.481 e. The van der Waals surface area contributed by atoms with E-state index in [-0.39, 0.29) is 30.0 Å². The number of hydrogen-bond donors (Lipinski definition) is 2. The molecule has 8 heteroatoms. The van der Waals surface area contributed by atoms with Crippen molar-refractivity contribution in [2.75, 3.05) is 0 Å². The molecule has 3 aromatic carbocycles. The van der Waals surface area contributed by atoms with Gasteiger partial charge in [-0.3, -0.25) is 9.59 Å². The zero-order valence-electron chi connectivity index (χ0n) is 19.7. The van der Waals surface area contributed by atoms with Crippen LogP contribution in [0.2, 0.25) is 0 Å². The molecule has 6 nitrogen and oxygen atoms in total. The molecule has 0 saturated heterocycles. The average molecular weight is 490 g/mol. The second-order valence-electron chi connectivity index (χ2n) is 8.58. The molecule has 1 amide bonds. The lowest BCUT2D eigenvalue weighted by molar-refractivity contribution is -0.137. The van der Waals surface area contributed by atoms with Crippen molar-refractivity contribution in [2.24, 2.45) is 0 Å². The zero-order chi connectivity index (χ0) is 25.7. The lowest BCUT2D eigenvalue weighted by Crippen LogP contribution is -2.26. The predicted octanol–water partition coefficient (Wildman–Crippen LogP) is 5.86. The van der Waals surface area contributed by atoms with Gasteiger partial charge in [0.2, 0.25) is 0 Å². The highest BCUT2D eigenvalue weighted by Gasteiger charge is 2.16. The Morgan fingerprint density at radius 2 is 1.56 bits per heavy atom. The standard InChI is InChI=1S/C28H25F2N3O3/c1-17(18-6-11-21(29)12-7-18)31-28(36)20-10-15-23-25(16-20)32-24(4-2-3-5-26(34)35)27(33-23)19-8-13-22(30)14-9-19/h6-17H,2-5H2,1H3,(H,31,36)(H,34,35). The number of carboxylic acid groups (broad SMARTS) is 1. The van der Waals surface area contributed by atoms with Gasteiger partial charge in [-0.25, -0.2) is 18.7 Å². The molecule has 0 radical (unpaired) electrons. The highest BCUT2D eigenvalue weighted by Crippen LogP contribution is 2.26. The number of nitrogens with zero attached hydrogens (tertiary/aromatic N) is 2. The van der Waals surface area contributed by atoms with E-state index in [0.29, 0.717) is 52.8 Å². The van der Waals surface area contributed by atoms with E-state index in [4.69, 9.17) is 15.1 Å². The summed E-state index contributed by atoms with van der Waals surface area (Å²) < 4.78 is 26.7. The maximum Gasteiger partial charge on any atom is 0.303 e. The molecule has 184 valence electrons. The minimum atomic E-state index is -0.858. The number of aryl methyl sites for hydroxylation is 1. The Hall–Kier alpha value is -4.20. The number of carboxylic acids is 1. The number of aliphatic carboxylic acids is 1. The van der Waals surface area contributed by atoms with Crippen LogP contribution in [0.4, 0.5) is 8.78 Å². The Morgan fingerprint density at radius 3 is 2.22 bits per heavy atom. The van der Waals surface area contributed by atoms with E-state index in [0.717, 1.165) is 5.56 Å². The van der Waals surface area contributed by atoms with Crippen LogP contribution in [-0.4, -0.2) is 27.0 Å². The first-order valence-corrected chi connectivity index (χ1v) is 11.6. The molecule has 4 rings (SSSR count). The summed E-state index contributed by atoms with van der Waals surface area (Å²) in [7, 11) is 0. The first-order chi connectivity index (χ1) is 17.3. The molecular weight excluding hydrogens is 464 g/mol. The number of nitrogens with one attached hydrogen (secondary N) is 1. The van der Waals surface area contributed by atoms with Crippen LogP contribution in [-0.2, 0) is 11.2 Å². The molecule has 2 N–H and O–H groups in total. The lowest BCUT2D eigenvalue weighted by atomic mass is 10.0. The third-order valence-corrected chi connectivity index (χ3v) is 5.89. The van der Waals surface area contributed by atoms with Gasteiger partial charge in [-0.15, -0.1) is 0 Å². The highest BCUT2D eigenvalue weighted by molar-refractivity contribution is 5.97. The Balaban J connectivity index is 1.62. The molecule has 0 aliphatic heterocycles. The first kappa shape index (κ1) is 24.9. The summed E-state index contributed by atoms with van der Waals surface area (Å²) in [4.78, 5) is 33.3. The first-order valence-electron chi connectivity index (χ1n) is 11.6. The molecule has 0 bridgehead atoms. The second kappa shape index (κ2) is 11.0. The number of carbonyl (C=O) groups excluding carboxylic acids is 1. The maximum absolute atomic E-state index is 13.5. The normalized spacial score (nSPS) is 11.9. The summed E-state index contributed by atoms with van der Waals surface area (Å²) in [5.41, 5.74) is 4.23. The van der Waals surface area contributed by atoms with Crippen molar-refractivity contribution >= 4 is 22.9 Å². The van der Waals surface area contributed by atoms with Crippen molar-refractivity contribution in [1.82, 2.24) is 15.3 Å². The van der Waals surface area contributed by atoms with Crippen molar-refractivity contribution in [2.45, 2.75) is 38.6 Å². The summed E-state index contributed by atoms with van der Waals surface area (Å²) in [6, 6.07) is 16.6. The van der Waals surface area contributed by atoms with Gasteiger partial charge in [-0.2, -0.15) is 0 Å². The Kier molecular flexibility index (Phi) is 7.63. The minimum absolute atomic E-state index is 0.0590. The summed E-state index contributed by atoms with van der Waals surface area (Å²) in [5.74, 6) is -1.87. The monoisotopic (exact) mass is 489 g/mol. The van der Waals surface area contributed by atoms with Gasteiger partial charge in [0.05, 0.1) is 28.5 Å². The molecule has 0 spiro atoms. The van der Waals surface area contributed by atoms with Crippen LogP contribution in [0.1, 0.15) is 53.8 Å². The fourth-order valence-corrected chi connectivity index (χ4v) is 3.93. The van der Waals surface area contributed by atoms with Crippen LogP contribution in [0.25, 0.3) is 22.3 Å². The van der Waals surface area contributed by atoms with E-state index in [1.807, 2.05) is 6.92 Å². The van der Waals surface area contributed by atoms with Gasteiger partial charge in [0, 0.05) is 17.5 Å². The molecule has 1 aromatic heterocycles. The molecule has 0 saturated carbocycles. The van der Waals surface area contributed by atoms with E-state index in [1.54, 1.807) is 42.5 Å². The van der Waals surface area contributed by atoms with E-state index >= 15 is 0 Å². The average Bonchev–Trinajstić information content (AvgIpc) is 2.86. The van der Waals surface area contributed by atoms with Crippen LogP contribution in [0.15, 0.2) is 66.7 Å². The fraction of sp³-hybridized carbons (Fsp3) is 0.214. The number of hydrogen-bond acceptors (Lipinski definition) is 4. The number of unbranched alkanes of at least 4 members (excludes halogenated alkanes) is 1. The summed E-state index contributed by atoms with van der Waals surface area (Å²) in [6.45, 7) is 1.82. The summed E-state index contributed by atoms with van der Waals surface area (Å²) >= 11 is 0. The fourth-order valence-electron chi connectivity index (χ4n) is 3.93. The Bertz CT molecular complexity index is 1390. The molecule has 0 fully saturated rings. The molecule has 0 aliphatic rings. The van der Waals surface area contributed by atoms with Crippen LogP contribution < -0.4 is 5.32 Å². The number of carbonyl (C=O) groups is 2. The van der Waals surface area contributed by atoms with Crippen molar-refractivity contribution < 1.29 is 23.5 Å². The molecule has 36 heavy (non-hydrogen) atoms. The van der Waals surface area contributed by atoms with Gasteiger partial charge in [0.15, 0.2) is 0 Å². The molecule has 1 atom stereocenters. The van der Waals surface area contributed by atoms with Crippen molar-refractivity contribution in [3.05, 3.63) is 95.2 Å². The van der Waals surface area contributed by atoms with Gasteiger partial charge < -0.3 is 10.4 Å². The van der Waals surface area contributed by atoms with Crippen LogP contribution in [0, 0.1) is 11.6 Å². The lowest BCUT2D eigenvalue weighted by Gasteiger charge is -2.15. The Morgan fingerprint density at radius 1 is 0.889 bits per heavy atom. The number of aromatic nitrogens is 2. The number of amides is 1. The molecule has 0 aliphatic carbocycles. The number of rotatable bonds is 9. The van der Waals surface area contributed by atoms with Crippen LogP contribution >= 0.6 is 0 Å². The van der Waals surface area contributed by atoms with Crippen molar-refractivity contribution in [3.8, 4) is 11.3 Å². The second-order valence-corrected chi connectivity index (χ2v) is 8.58. The van der Waals surface area contributed by atoms with Gasteiger partial charge in [0.1, 0.15) is 11.6 Å². The third kappa shape index (κ3) is 6.07. The summed E-state index contributed by atoms with van der Waals surface area (Å²) in [5, 5.41) is 11.8. The maximum atomic E-state index is 13.5. The van der Waals surface area contributed by atoms with Gasteiger partial charge >= 0.3 is 5.97 Å². The van der Waals surface area contributed by atoms with E-state index in [9.17, 15) is 18.4 Å². The zero-order valence-corrected chi connectivity index (χ0v) is 19.7. The van der Waals surface area contributed by atoms with Gasteiger partial charge in [-0.05, 0) is 86.3 Å². The van der Waals surface area contributed by atoms with Crippen molar-refractivity contribution in [1.29, 1.82) is 0 Å². The number of benzene rings is 3. The topological polar surface area (TPSA) is 92.2 Å². The number of halogens is 2. The Labute approximate surface area is 207 Å². The van der Waals surface area contributed by atoms with E-state index < -0.39 is 5.97 Å². The molecule has 1 unspecified atom stereocenters. The molecule has 1 heterocycles. The molecular formula is C28H25F2N3O3. The summed E-state index contributed by atoms with van der Waals surface area (Å²) in [6.07, 6.45) is 1.63. The molecule has 4 aromatic rings. The predicted molar refractivity (Wildman–Crippen MR) is 132 cm³/mol. The SMILES string of the molecule is CC(NC(=O)c1ccc2nc(-c3ccc(F)cc3)c(CCCCC(=O)O)nc2c1)c1ccc(F)cc1. The number of fused-ring (bicyclic) bond motifs is 1. The van der Waals surface area contributed by atoms with Crippen molar-refractivity contribution in [3.63, 3.8) is 0 Å². The minimum Gasteiger partial charge on any atom is -0.481 e. The van der Waals surface area contributed by atoms with Gasteiger partial charge in [-0.1, -0.05) is 12.1 Å². The quantitative estimate of drug-likeness (QED) is 0.287. The van der Waals surface area contributed by atoms with E-state index in [2.05, 4.69) is 5.32 Å². The van der Waals surface area contributed by atoms with E-state index in [1.165, 1.54) is 24.3 Å². The smallest absolute Gasteiger partial charge is 0.303 e.